The molecule has 0 saturated heterocycles. The Hall–Kier alpha value is -3.60. The van der Waals surface area contributed by atoms with Crippen molar-refractivity contribution < 1.29 is 19.4 Å². The third-order valence-electron chi connectivity index (χ3n) is 9.98. The number of hydrogen-bond acceptors (Lipinski definition) is 3. The standard InChI is InChI=1S/C37H43NO4/c1-2-14-42-34-13-8-26(19-31(36(40)41)18-25-6-4-3-5-7-25)20-32(34)24-38-35(39)30-9-11-33(12-10-30)37-21-27-15-28(22-37)17-29(16-27)23-37/h3-13,20,27-29,31H,2,14-19,21-24H2,1H3,(H,38,39)(H,40,41)/t27?,28?,29?,31-,37?/m1/s1. The summed E-state index contributed by atoms with van der Waals surface area (Å²) in [5.74, 6) is 1.95. The lowest BCUT2D eigenvalue weighted by Crippen LogP contribution is -2.48. The van der Waals surface area contributed by atoms with E-state index in [0.717, 1.165) is 46.6 Å². The fourth-order valence-corrected chi connectivity index (χ4v) is 8.40. The summed E-state index contributed by atoms with van der Waals surface area (Å²) in [6.07, 6.45) is 9.97. The Labute approximate surface area is 249 Å². The smallest absolute Gasteiger partial charge is 0.307 e. The van der Waals surface area contributed by atoms with Gasteiger partial charge in [0.1, 0.15) is 5.75 Å². The van der Waals surface area contributed by atoms with Crippen molar-refractivity contribution in [1.29, 1.82) is 0 Å². The Morgan fingerprint density at radius 3 is 2.14 bits per heavy atom. The summed E-state index contributed by atoms with van der Waals surface area (Å²) in [7, 11) is 0. The molecule has 4 aliphatic rings. The fraction of sp³-hybridized carbons (Fsp3) is 0.459. The molecule has 0 unspecified atom stereocenters. The average Bonchev–Trinajstić information content (AvgIpc) is 2.99. The molecular weight excluding hydrogens is 522 g/mol. The van der Waals surface area contributed by atoms with E-state index >= 15 is 0 Å². The molecule has 5 heteroatoms. The molecule has 4 aliphatic carbocycles. The van der Waals surface area contributed by atoms with Crippen LogP contribution in [0, 0.1) is 23.7 Å². The van der Waals surface area contributed by atoms with Gasteiger partial charge < -0.3 is 15.2 Å². The van der Waals surface area contributed by atoms with Crippen molar-refractivity contribution >= 4 is 11.9 Å². The minimum Gasteiger partial charge on any atom is -0.493 e. The van der Waals surface area contributed by atoms with Gasteiger partial charge in [-0.25, -0.2) is 0 Å². The number of amides is 1. The molecule has 220 valence electrons. The molecule has 4 saturated carbocycles. The van der Waals surface area contributed by atoms with Crippen molar-refractivity contribution in [1.82, 2.24) is 5.32 Å². The highest BCUT2D eigenvalue weighted by molar-refractivity contribution is 5.94. The first-order chi connectivity index (χ1) is 20.4. The lowest BCUT2D eigenvalue weighted by Gasteiger charge is -2.57. The molecule has 0 heterocycles. The predicted molar refractivity (Wildman–Crippen MR) is 165 cm³/mol. The third kappa shape index (κ3) is 6.25. The highest BCUT2D eigenvalue weighted by atomic mass is 16.5. The maximum atomic E-state index is 13.2. The van der Waals surface area contributed by atoms with E-state index in [1.807, 2.05) is 60.7 Å². The second kappa shape index (κ2) is 12.3. The third-order valence-corrected chi connectivity index (χ3v) is 9.98. The molecule has 3 aromatic rings. The van der Waals surface area contributed by atoms with Crippen LogP contribution in [0.5, 0.6) is 5.75 Å². The molecule has 7 rings (SSSR count). The quantitative estimate of drug-likeness (QED) is 0.241. The second-order valence-corrected chi connectivity index (χ2v) is 13.2. The van der Waals surface area contributed by atoms with Gasteiger partial charge in [-0.15, -0.1) is 0 Å². The van der Waals surface area contributed by atoms with E-state index in [0.29, 0.717) is 37.0 Å². The lowest BCUT2D eigenvalue weighted by atomic mass is 9.48. The number of nitrogens with one attached hydrogen (secondary N) is 1. The molecule has 4 bridgehead atoms. The van der Waals surface area contributed by atoms with Crippen molar-refractivity contribution in [2.45, 2.75) is 76.7 Å². The highest BCUT2D eigenvalue weighted by Crippen LogP contribution is 2.60. The number of rotatable bonds is 12. The topological polar surface area (TPSA) is 75.6 Å². The van der Waals surface area contributed by atoms with Gasteiger partial charge in [0, 0.05) is 17.7 Å². The summed E-state index contributed by atoms with van der Waals surface area (Å²) < 4.78 is 5.99. The number of carboxylic acids is 1. The zero-order valence-electron chi connectivity index (χ0n) is 24.7. The van der Waals surface area contributed by atoms with E-state index in [1.54, 1.807) is 0 Å². The van der Waals surface area contributed by atoms with E-state index in [-0.39, 0.29) is 5.91 Å². The number of ether oxygens (including phenoxy) is 1. The van der Waals surface area contributed by atoms with E-state index < -0.39 is 11.9 Å². The van der Waals surface area contributed by atoms with Gasteiger partial charge >= 0.3 is 5.97 Å². The molecule has 5 nitrogen and oxygen atoms in total. The minimum atomic E-state index is -0.808. The van der Waals surface area contributed by atoms with Crippen molar-refractivity contribution in [3.05, 3.63) is 101 Å². The van der Waals surface area contributed by atoms with Crippen LogP contribution in [0.4, 0.5) is 0 Å². The van der Waals surface area contributed by atoms with Gasteiger partial charge in [-0.1, -0.05) is 61.5 Å². The first-order valence-corrected chi connectivity index (χ1v) is 15.8. The zero-order valence-corrected chi connectivity index (χ0v) is 24.7. The van der Waals surface area contributed by atoms with Gasteiger partial charge in [-0.05, 0) is 116 Å². The summed E-state index contributed by atoms with van der Waals surface area (Å²) in [6.45, 7) is 2.96. The number of aliphatic carboxylic acids is 1. The number of benzene rings is 3. The maximum absolute atomic E-state index is 13.2. The summed E-state index contributed by atoms with van der Waals surface area (Å²) in [5, 5.41) is 13.0. The van der Waals surface area contributed by atoms with Crippen LogP contribution < -0.4 is 10.1 Å². The molecule has 1 amide bonds. The Morgan fingerprint density at radius 1 is 0.881 bits per heavy atom. The number of carbonyl (C=O) groups excluding carboxylic acids is 1. The molecule has 0 spiro atoms. The molecule has 4 fully saturated rings. The predicted octanol–water partition coefficient (Wildman–Crippen LogP) is 7.36. The van der Waals surface area contributed by atoms with Gasteiger partial charge in [0.05, 0.1) is 12.5 Å². The lowest BCUT2D eigenvalue weighted by molar-refractivity contribution is -0.141. The van der Waals surface area contributed by atoms with Crippen LogP contribution in [0.2, 0.25) is 0 Å². The number of carbonyl (C=O) groups is 2. The van der Waals surface area contributed by atoms with Crippen LogP contribution in [-0.2, 0) is 29.6 Å². The molecule has 1 atom stereocenters. The van der Waals surface area contributed by atoms with E-state index in [2.05, 4.69) is 24.4 Å². The summed E-state index contributed by atoms with van der Waals surface area (Å²) in [5.41, 5.74) is 5.21. The maximum Gasteiger partial charge on any atom is 0.307 e. The van der Waals surface area contributed by atoms with E-state index in [9.17, 15) is 14.7 Å². The van der Waals surface area contributed by atoms with E-state index in [4.69, 9.17) is 4.74 Å². The molecular formula is C37H43NO4. The van der Waals surface area contributed by atoms with Crippen LogP contribution in [0.1, 0.15) is 84.5 Å². The highest BCUT2D eigenvalue weighted by Gasteiger charge is 2.51. The van der Waals surface area contributed by atoms with Gasteiger partial charge in [-0.2, -0.15) is 0 Å². The van der Waals surface area contributed by atoms with Gasteiger partial charge in [-0.3, -0.25) is 9.59 Å². The largest absolute Gasteiger partial charge is 0.493 e. The van der Waals surface area contributed by atoms with E-state index in [1.165, 1.54) is 44.1 Å². The van der Waals surface area contributed by atoms with Crippen LogP contribution in [-0.4, -0.2) is 23.6 Å². The molecule has 42 heavy (non-hydrogen) atoms. The summed E-state index contributed by atoms with van der Waals surface area (Å²) in [6, 6.07) is 24.0. The van der Waals surface area contributed by atoms with Crippen LogP contribution in [0.3, 0.4) is 0 Å². The van der Waals surface area contributed by atoms with Crippen molar-refractivity contribution in [3.63, 3.8) is 0 Å². The second-order valence-electron chi connectivity index (χ2n) is 13.2. The molecule has 3 aromatic carbocycles. The Kier molecular flexibility index (Phi) is 8.37. The SMILES string of the molecule is CCCOc1ccc(C[C@@H](Cc2ccccc2)C(=O)O)cc1CNC(=O)c1ccc(C23CC4CC(CC(C4)C2)C3)cc1. The van der Waals surface area contributed by atoms with Crippen molar-refractivity contribution in [2.24, 2.45) is 23.7 Å². The molecule has 0 aliphatic heterocycles. The van der Waals surface area contributed by atoms with Crippen molar-refractivity contribution in [2.75, 3.05) is 6.61 Å². The minimum absolute atomic E-state index is 0.105. The average molecular weight is 566 g/mol. The summed E-state index contributed by atoms with van der Waals surface area (Å²) in [4.78, 5) is 25.3. The molecule has 2 N–H and O–H groups in total. The van der Waals surface area contributed by atoms with Gasteiger partial charge in [0.15, 0.2) is 0 Å². The van der Waals surface area contributed by atoms with Crippen LogP contribution in [0.15, 0.2) is 72.8 Å². The normalized spacial score (nSPS) is 24.7. The monoisotopic (exact) mass is 565 g/mol. The Morgan fingerprint density at radius 2 is 1.52 bits per heavy atom. The number of hydrogen-bond donors (Lipinski definition) is 2. The summed E-state index contributed by atoms with van der Waals surface area (Å²) >= 11 is 0. The molecule has 0 radical (unpaired) electrons. The fourth-order valence-electron chi connectivity index (χ4n) is 8.40. The zero-order chi connectivity index (χ0) is 29.1. The van der Waals surface area contributed by atoms with Crippen LogP contribution >= 0.6 is 0 Å². The molecule has 0 aromatic heterocycles. The Balaban J connectivity index is 1.13. The Bertz CT molecular complexity index is 1360. The van der Waals surface area contributed by atoms with Crippen molar-refractivity contribution in [3.8, 4) is 5.75 Å². The van der Waals surface area contributed by atoms with Gasteiger partial charge in [0.25, 0.3) is 5.91 Å². The first-order valence-electron chi connectivity index (χ1n) is 15.8. The first kappa shape index (κ1) is 28.5. The number of carboxylic acid groups (broad SMARTS) is 1. The van der Waals surface area contributed by atoms with Crippen LogP contribution in [0.25, 0.3) is 0 Å². The van der Waals surface area contributed by atoms with Gasteiger partial charge in [0.2, 0.25) is 0 Å².